The zero-order valence-electron chi connectivity index (χ0n) is 13.4. The molecule has 1 aliphatic rings. The topological polar surface area (TPSA) is 45.2 Å². The van der Waals surface area contributed by atoms with Crippen molar-refractivity contribution in [2.75, 3.05) is 26.2 Å². The van der Waals surface area contributed by atoms with Crippen LogP contribution in [0.4, 0.5) is 0 Å². The Morgan fingerprint density at radius 2 is 2.00 bits per heavy atom. The van der Waals surface area contributed by atoms with E-state index in [1.165, 1.54) is 0 Å². The quantitative estimate of drug-likeness (QED) is 0.890. The third kappa shape index (κ3) is 6.51. The van der Waals surface area contributed by atoms with Gasteiger partial charge in [0.2, 0.25) is 5.91 Å². The third-order valence-electron chi connectivity index (χ3n) is 3.98. The SMILES string of the molecule is CCNCC1CCN(C(=O)Cc2ccc(C)nc2)CC1.Cl.Cl. The Labute approximate surface area is 145 Å². The van der Waals surface area contributed by atoms with E-state index in [-0.39, 0.29) is 30.7 Å². The van der Waals surface area contributed by atoms with Gasteiger partial charge in [0.15, 0.2) is 0 Å². The van der Waals surface area contributed by atoms with E-state index in [4.69, 9.17) is 0 Å². The zero-order chi connectivity index (χ0) is 14.4. The predicted molar refractivity (Wildman–Crippen MR) is 95.0 cm³/mol. The molecule has 4 nitrogen and oxygen atoms in total. The number of carbonyl (C=O) groups excluding carboxylic acids is 1. The molecule has 1 aromatic rings. The normalized spacial score (nSPS) is 14.9. The van der Waals surface area contributed by atoms with E-state index in [0.29, 0.717) is 6.42 Å². The molecule has 0 unspecified atom stereocenters. The number of rotatable bonds is 5. The van der Waals surface area contributed by atoms with Crippen LogP contribution in [0.3, 0.4) is 0 Å². The van der Waals surface area contributed by atoms with Crippen LogP contribution in [0.5, 0.6) is 0 Å². The van der Waals surface area contributed by atoms with E-state index in [2.05, 4.69) is 17.2 Å². The maximum absolute atomic E-state index is 12.3. The number of likely N-dealkylation sites (tertiary alicyclic amines) is 1. The van der Waals surface area contributed by atoms with Crippen LogP contribution < -0.4 is 5.32 Å². The summed E-state index contributed by atoms with van der Waals surface area (Å²) >= 11 is 0. The third-order valence-corrected chi connectivity index (χ3v) is 3.98. The van der Waals surface area contributed by atoms with Crippen LogP contribution in [0.25, 0.3) is 0 Å². The molecule has 1 amide bonds. The smallest absolute Gasteiger partial charge is 0.227 e. The minimum Gasteiger partial charge on any atom is -0.342 e. The monoisotopic (exact) mass is 347 g/mol. The van der Waals surface area contributed by atoms with E-state index < -0.39 is 0 Å². The van der Waals surface area contributed by atoms with Gasteiger partial charge in [0.25, 0.3) is 0 Å². The van der Waals surface area contributed by atoms with E-state index in [9.17, 15) is 4.79 Å². The fourth-order valence-corrected chi connectivity index (χ4v) is 2.62. The van der Waals surface area contributed by atoms with Crippen molar-refractivity contribution in [3.8, 4) is 0 Å². The highest BCUT2D eigenvalue weighted by atomic mass is 35.5. The van der Waals surface area contributed by atoms with Crippen molar-refractivity contribution in [3.05, 3.63) is 29.6 Å². The minimum absolute atomic E-state index is 0. The fraction of sp³-hybridized carbons (Fsp3) is 0.625. The molecule has 0 atom stereocenters. The van der Waals surface area contributed by atoms with Gasteiger partial charge in [-0.3, -0.25) is 9.78 Å². The number of carbonyl (C=O) groups is 1. The molecule has 1 N–H and O–H groups in total. The first-order valence-electron chi connectivity index (χ1n) is 7.59. The van der Waals surface area contributed by atoms with Crippen molar-refractivity contribution >= 4 is 30.7 Å². The molecule has 0 aliphatic carbocycles. The van der Waals surface area contributed by atoms with Crippen LogP contribution in [0, 0.1) is 12.8 Å². The van der Waals surface area contributed by atoms with Crippen molar-refractivity contribution in [2.45, 2.75) is 33.1 Å². The summed E-state index contributed by atoms with van der Waals surface area (Å²) in [5, 5.41) is 3.40. The van der Waals surface area contributed by atoms with Gasteiger partial charge >= 0.3 is 0 Å². The molecule has 0 radical (unpaired) electrons. The second kappa shape index (κ2) is 10.8. The predicted octanol–water partition coefficient (Wildman–Crippen LogP) is 2.62. The maximum atomic E-state index is 12.3. The standard InChI is InChI=1S/C16H25N3O.2ClH/c1-3-17-11-14-6-8-19(9-7-14)16(20)10-15-5-4-13(2)18-12-15;;/h4-5,12,14,17H,3,6-11H2,1-2H3;2*1H. The van der Waals surface area contributed by atoms with Crippen LogP contribution in [0.1, 0.15) is 31.0 Å². The van der Waals surface area contributed by atoms with E-state index in [1.54, 1.807) is 0 Å². The summed E-state index contributed by atoms with van der Waals surface area (Å²) in [6, 6.07) is 3.96. The average Bonchev–Trinajstić information content (AvgIpc) is 2.48. The van der Waals surface area contributed by atoms with Gasteiger partial charge in [0, 0.05) is 25.0 Å². The number of halogens is 2. The molecule has 1 saturated heterocycles. The minimum atomic E-state index is 0. The van der Waals surface area contributed by atoms with Crippen LogP contribution in [0.15, 0.2) is 18.3 Å². The van der Waals surface area contributed by atoms with Crippen molar-refractivity contribution in [1.82, 2.24) is 15.2 Å². The molecule has 2 heterocycles. The molecule has 126 valence electrons. The van der Waals surface area contributed by atoms with Gasteiger partial charge in [0.05, 0.1) is 6.42 Å². The number of hydrogen-bond donors (Lipinski definition) is 1. The lowest BCUT2D eigenvalue weighted by Gasteiger charge is -2.32. The van der Waals surface area contributed by atoms with Crippen LogP contribution in [-0.4, -0.2) is 42.0 Å². The van der Waals surface area contributed by atoms with E-state index in [1.807, 2.05) is 30.2 Å². The van der Waals surface area contributed by atoms with E-state index in [0.717, 1.165) is 56.2 Å². The first-order valence-corrected chi connectivity index (χ1v) is 7.59. The van der Waals surface area contributed by atoms with Crippen LogP contribution >= 0.6 is 24.8 Å². The Balaban J connectivity index is 0.00000220. The Morgan fingerprint density at radius 1 is 1.32 bits per heavy atom. The largest absolute Gasteiger partial charge is 0.342 e. The van der Waals surface area contributed by atoms with Crippen LogP contribution in [0.2, 0.25) is 0 Å². The van der Waals surface area contributed by atoms with Crippen molar-refractivity contribution < 1.29 is 4.79 Å². The Morgan fingerprint density at radius 3 is 2.55 bits per heavy atom. The summed E-state index contributed by atoms with van der Waals surface area (Å²) in [6.45, 7) is 8.00. The van der Waals surface area contributed by atoms with Crippen molar-refractivity contribution in [2.24, 2.45) is 5.92 Å². The molecule has 0 bridgehead atoms. The molecule has 1 fully saturated rings. The van der Waals surface area contributed by atoms with Gasteiger partial charge in [-0.2, -0.15) is 0 Å². The molecule has 1 aromatic heterocycles. The summed E-state index contributed by atoms with van der Waals surface area (Å²) in [7, 11) is 0. The number of pyridine rings is 1. The second-order valence-electron chi connectivity index (χ2n) is 5.62. The highest BCUT2D eigenvalue weighted by Gasteiger charge is 2.22. The molecule has 2 rings (SSSR count). The molecule has 22 heavy (non-hydrogen) atoms. The number of hydrogen-bond acceptors (Lipinski definition) is 3. The van der Waals surface area contributed by atoms with Gasteiger partial charge in [-0.05, 0) is 50.4 Å². The lowest BCUT2D eigenvalue weighted by Crippen LogP contribution is -2.41. The number of piperidine rings is 1. The Hall–Kier alpha value is -0.840. The number of aryl methyl sites for hydroxylation is 1. The summed E-state index contributed by atoms with van der Waals surface area (Å²) < 4.78 is 0. The second-order valence-corrected chi connectivity index (χ2v) is 5.62. The molecule has 0 spiro atoms. The van der Waals surface area contributed by atoms with Gasteiger partial charge < -0.3 is 10.2 Å². The first-order chi connectivity index (χ1) is 9.69. The fourth-order valence-electron chi connectivity index (χ4n) is 2.62. The Kier molecular flexibility index (Phi) is 10.4. The number of aromatic nitrogens is 1. The zero-order valence-corrected chi connectivity index (χ0v) is 15.0. The first kappa shape index (κ1) is 21.2. The van der Waals surface area contributed by atoms with Crippen molar-refractivity contribution in [1.29, 1.82) is 0 Å². The molecular formula is C16H27Cl2N3O. The molecule has 0 aromatic carbocycles. The molecule has 0 saturated carbocycles. The number of nitrogens with zero attached hydrogens (tertiary/aromatic N) is 2. The highest BCUT2D eigenvalue weighted by molar-refractivity contribution is 5.85. The maximum Gasteiger partial charge on any atom is 0.227 e. The summed E-state index contributed by atoms with van der Waals surface area (Å²) in [4.78, 5) is 18.5. The Bertz CT molecular complexity index is 432. The summed E-state index contributed by atoms with van der Waals surface area (Å²) in [5.74, 6) is 0.956. The van der Waals surface area contributed by atoms with Gasteiger partial charge in [-0.15, -0.1) is 24.8 Å². The lowest BCUT2D eigenvalue weighted by atomic mass is 9.96. The molecule has 6 heteroatoms. The van der Waals surface area contributed by atoms with Crippen LogP contribution in [-0.2, 0) is 11.2 Å². The number of amides is 1. The highest BCUT2D eigenvalue weighted by Crippen LogP contribution is 2.17. The van der Waals surface area contributed by atoms with Gasteiger partial charge in [0.1, 0.15) is 0 Å². The average molecular weight is 348 g/mol. The molecular weight excluding hydrogens is 321 g/mol. The number of nitrogens with one attached hydrogen (secondary N) is 1. The van der Waals surface area contributed by atoms with Gasteiger partial charge in [-0.1, -0.05) is 13.0 Å². The van der Waals surface area contributed by atoms with Crippen molar-refractivity contribution in [3.63, 3.8) is 0 Å². The van der Waals surface area contributed by atoms with E-state index >= 15 is 0 Å². The lowest BCUT2D eigenvalue weighted by molar-refractivity contribution is -0.131. The summed E-state index contributed by atoms with van der Waals surface area (Å²) in [5.41, 5.74) is 2.00. The van der Waals surface area contributed by atoms with Gasteiger partial charge in [-0.25, -0.2) is 0 Å². The molecule has 1 aliphatic heterocycles. The summed E-state index contributed by atoms with van der Waals surface area (Å²) in [6.07, 6.45) is 4.52.